The maximum absolute atomic E-state index is 12.1. The lowest BCUT2D eigenvalue weighted by molar-refractivity contribution is 0.0773. The third kappa shape index (κ3) is 4.81. The highest BCUT2D eigenvalue weighted by Gasteiger charge is 2.14. The number of rotatable bonds is 6. The summed E-state index contributed by atoms with van der Waals surface area (Å²) in [6.45, 7) is 1.22. The van der Waals surface area contributed by atoms with Gasteiger partial charge in [-0.2, -0.15) is 0 Å². The first-order chi connectivity index (χ1) is 9.70. The summed E-state index contributed by atoms with van der Waals surface area (Å²) >= 11 is 0. The Morgan fingerprint density at radius 2 is 2.05 bits per heavy atom. The molecule has 0 fully saturated rings. The number of carbonyl (C=O) groups excluding carboxylic acids is 1. The minimum absolute atomic E-state index is 0. The topological polar surface area (TPSA) is 68.7 Å². The van der Waals surface area contributed by atoms with Gasteiger partial charge in [-0.25, -0.2) is 0 Å². The van der Waals surface area contributed by atoms with Gasteiger partial charge in [-0.05, 0) is 18.2 Å². The number of likely N-dealkylation sites (N-methyl/N-ethyl adjacent to an activating group) is 1. The lowest BCUT2D eigenvalue weighted by Gasteiger charge is -2.16. The van der Waals surface area contributed by atoms with E-state index in [2.05, 4.69) is 0 Å². The number of furan rings is 1. The van der Waals surface area contributed by atoms with Gasteiger partial charge in [-0.15, -0.1) is 12.4 Å². The zero-order chi connectivity index (χ0) is 14.4. The van der Waals surface area contributed by atoms with Crippen molar-refractivity contribution in [2.75, 3.05) is 20.2 Å². The van der Waals surface area contributed by atoms with Crippen molar-refractivity contribution in [1.82, 2.24) is 4.90 Å². The number of amides is 1. The summed E-state index contributed by atoms with van der Waals surface area (Å²) in [7, 11) is 1.73. The highest BCUT2D eigenvalue weighted by molar-refractivity contribution is 5.93. The molecule has 1 amide bonds. The van der Waals surface area contributed by atoms with Crippen LogP contribution in [0.3, 0.4) is 0 Å². The molecular weight excluding hydrogens is 292 g/mol. The third-order valence-corrected chi connectivity index (χ3v) is 2.89. The Hall–Kier alpha value is -1.98. The van der Waals surface area contributed by atoms with Gasteiger partial charge in [0.15, 0.2) is 0 Å². The predicted octanol–water partition coefficient (Wildman–Crippen LogP) is 2.31. The molecule has 0 saturated heterocycles. The Morgan fingerprint density at radius 3 is 2.67 bits per heavy atom. The fourth-order valence-electron chi connectivity index (χ4n) is 1.74. The fraction of sp³-hybridized carbons (Fsp3) is 0.267. The number of nitrogens with two attached hydrogens (primary N) is 1. The van der Waals surface area contributed by atoms with Crippen molar-refractivity contribution in [2.45, 2.75) is 6.54 Å². The normalized spacial score (nSPS) is 9.81. The van der Waals surface area contributed by atoms with Crippen LogP contribution >= 0.6 is 12.4 Å². The molecule has 114 valence electrons. The van der Waals surface area contributed by atoms with E-state index >= 15 is 0 Å². The first kappa shape index (κ1) is 17.1. The zero-order valence-corrected chi connectivity index (χ0v) is 12.6. The minimum Gasteiger partial charge on any atom is -0.492 e. The molecule has 0 aliphatic rings. The fourth-order valence-corrected chi connectivity index (χ4v) is 1.74. The molecule has 0 aliphatic heterocycles. The highest BCUT2D eigenvalue weighted by atomic mass is 35.5. The molecule has 0 aliphatic carbocycles. The Labute approximate surface area is 130 Å². The van der Waals surface area contributed by atoms with Gasteiger partial charge in [0.1, 0.15) is 24.4 Å². The number of benzene rings is 1. The summed E-state index contributed by atoms with van der Waals surface area (Å²) in [5.74, 6) is 1.29. The number of hydrogen-bond acceptors (Lipinski definition) is 4. The maximum Gasteiger partial charge on any atom is 0.256 e. The second kappa shape index (κ2) is 8.34. The molecule has 2 N–H and O–H groups in total. The first-order valence-corrected chi connectivity index (χ1v) is 6.41. The van der Waals surface area contributed by atoms with Gasteiger partial charge in [-0.3, -0.25) is 4.79 Å². The van der Waals surface area contributed by atoms with Crippen LogP contribution in [0.25, 0.3) is 0 Å². The molecule has 0 bridgehead atoms. The first-order valence-electron chi connectivity index (χ1n) is 6.41. The van der Waals surface area contributed by atoms with Crippen LogP contribution in [0.2, 0.25) is 0 Å². The van der Waals surface area contributed by atoms with Crippen molar-refractivity contribution in [1.29, 1.82) is 0 Å². The van der Waals surface area contributed by atoms with Gasteiger partial charge in [0.05, 0.1) is 18.7 Å². The van der Waals surface area contributed by atoms with Crippen molar-refractivity contribution < 1.29 is 13.9 Å². The quantitative estimate of drug-likeness (QED) is 0.889. The standard InChI is InChI=1S/C15H18N2O3.ClH/c1-17(7-8-19-13-5-3-2-4-6-13)15(18)12-9-14(10-16)20-11-12;/h2-6,9,11H,7-8,10,16H2,1H3;1H. The molecule has 1 aromatic heterocycles. The van der Waals surface area contributed by atoms with Crippen molar-refractivity contribution in [2.24, 2.45) is 5.73 Å². The Bertz CT molecular complexity index is 557. The smallest absolute Gasteiger partial charge is 0.256 e. The van der Waals surface area contributed by atoms with Crippen molar-refractivity contribution >= 4 is 18.3 Å². The number of ether oxygens (including phenoxy) is 1. The number of halogens is 1. The highest BCUT2D eigenvalue weighted by Crippen LogP contribution is 2.10. The number of hydrogen-bond donors (Lipinski definition) is 1. The summed E-state index contributed by atoms with van der Waals surface area (Å²) in [5, 5.41) is 0. The molecule has 6 heteroatoms. The number of para-hydroxylation sites is 1. The molecule has 0 radical (unpaired) electrons. The largest absolute Gasteiger partial charge is 0.492 e. The van der Waals surface area contributed by atoms with Crippen molar-refractivity contribution in [3.63, 3.8) is 0 Å². The average Bonchev–Trinajstić information content (AvgIpc) is 2.96. The third-order valence-electron chi connectivity index (χ3n) is 2.89. The van der Waals surface area contributed by atoms with E-state index in [9.17, 15) is 4.79 Å². The maximum atomic E-state index is 12.1. The monoisotopic (exact) mass is 310 g/mol. The van der Waals surface area contributed by atoms with E-state index in [1.54, 1.807) is 18.0 Å². The Morgan fingerprint density at radius 1 is 1.33 bits per heavy atom. The van der Waals surface area contributed by atoms with Crippen LogP contribution in [-0.2, 0) is 6.54 Å². The predicted molar refractivity (Wildman–Crippen MR) is 82.7 cm³/mol. The SMILES string of the molecule is CN(CCOc1ccccc1)C(=O)c1coc(CN)c1.Cl. The summed E-state index contributed by atoms with van der Waals surface area (Å²) in [4.78, 5) is 13.7. The Kier molecular flexibility index (Phi) is 6.78. The van der Waals surface area contributed by atoms with Gasteiger partial charge in [0.2, 0.25) is 0 Å². The van der Waals surface area contributed by atoms with E-state index in [1.165, 1.54) is 6.26 Å². The summed E-state index contributed by atoms with van der Waals surface area (Å²) in [5.41, 5.74) is 5.95. The van der Waals surface area contributed by atoms with E-state index in [0.29, 0.717) is 24.5 Å². The summed E-state index contributed by atoms with van der Waals surface area (Å²) < 4.78 is 10.7. The van der Waals surface area contributed by atoms with Crippen LogP contribution in [0.5, 0.6) is 5.75 Å². The molecule has 5 nitrogen and oxygen atoms in total. The van der Waals surface area contributed by atoms with Crippen LogP contribution in [-0.4, -0.2) is 31.0 Å². The van der Waals surface area contributed by atoms with E-state index in [0.717, 1.165) is 5.75 Å². The molecule has 1 aromatic carbocycles. The van der Waals surface area contributed by atoms with Gasteiger partial charge in [-0.1, -0.05) is 18.2 Å². The van der Waals surface area contributed by atoms with E-state index < -0.39 is 0 Å². The average molecular weight is 311 g/mol. The zero-order valence-electron chi connectivity index (χ0n) is 11.8. The molecule has 1 heterocycles. The molecule has 2 rings (SSSR count). The molecule has 0 atom stereocenters. The lowest BCUT2D eigenvalue weighted by atomic mass is 10.2. The molecular formula is C15H19ClN2O3. The van der Waals surface area contributed by atoms with E-state index in [1.807, 2.05) is 30.3 Å². The van der Waals surface area contributed by atoms with E-state index in [4.69, 9.17) is 14.9 Å². The molecule has 0 saturated carbocycles. The summed E-state index contributed by atoms with van der Waals surface area (Å²) in [6, 6.07) is 11.2. The second-order valence-electron chi connectivity index (χ2n) is 4.39. The van der Waals surface area contributed by atoms with Crippen LogP contribution in [0, 0.1) is 0 Å². The minimum atomic E-state index is -0.106. The van der Waals surface area contributed by atoms with Crippen LogP contribution in [0.1, 0.15) is 16.1 Å². The molecule has 0 unspecified atom stereocenters. The molecule has 2 aromatic rings. The number of carbonyl (C=O) groups is 1. The molecule has 0 spiro atoms. The Balaban J connectivity index is 0.00000220. The van der Waals surface area contributed by atoms with Crippen molar-refractivity contribution in [3.8, 4) is 5.75 Å². The second-order valence-corrected chi connectivity index (χ2v) is 4.39. The van der Waals surface area contributed by atoms with Crippen LogP contribution < -0.4 is 10.5 Å². The van der Waals surface area contributed by atoms with Gasteiger partial charge in [0.25, 0.3) is 5.91 Å². The van der Waals surface area contributed by atoms with Crippen LogP contribution in [0.15, 0.2) is 47.1 Å². The van der Waals surface area contributed by atoms with Crippen molar-refractivity contribution in [3.05, 3.63) is 54.0 Å². The summed E-state index contributed by atoms with van der Waals surface area (Å²) in [6.07, 6.45) is 1.43. The van der Waals surface area contributed by atoms with Crippen LogP contribution in [0.4, 0.5) is 0 Å². The lowest BCUT2D eigenvalue weighted by Crippen LogP contribution is -2.30. The van der Waals surface area contributed by atoms with Gasteiger partial charge in [0, 0.05) is 7.05 Å². The molecule has 21 heavy (non-hydrogen) atoms. The van der Waals surface area contributed by atoms with Gasteiger partial charge < -0.3 is 19.8 Å². The van der Waals surface area contributed by atoms with Gasteiger partial charge >= 0.3 is 0 Å². The van der Waals surface area contributed by atoms with E-state index in [-0.39, 0.29) is 24.9 Å². The number of nitrogens with zero attached hydrogens (tertiary/aromatic N) is 1.